The summed E-state index contributed by atoms with van der Waals surface area (Å²) in [7, 11) is -3.28. The van der Waals surface area contributed by atoms with Gasteiger partial charge in [-0.2, -0.15) is 13.2 Å². The molecule has 7 nitrogen and oxygen atoms in total. The number of halogens is 3. The number of pyridine rings is 1. The van der Waals surface area contributed by atoms with Crippen molar-refractivity contribution in [3.8, 4) is 0 Å². The third kappa shape index (κ3) is 5.72. The first kappa shape index (κ1) is 26.6. The second-order valence-corrected chi connectivity index (χ2v) is 12.7. The standard InChI is InChI=1S/C27H31F3N4O3S/c1-2-38(36,37)22-11-5-18(6-12-22)15-32-26(35)19-14-23-25(31-16-19)34(21-9-10-21)24(33-23)13-17-3-7-20(8-4-17)27(28,29)30/h5-6,11-12,14,16-17,20-21H,2-4,7-10,13,15H2,1H3,(H,32,35)/t17-,20+. The van der Waals surface area contributed by atoms with E-state index in [2.05, 4.69) is 14.9 Å². The van der Waals surface area contributed by atoms with E-state index in [4.69, 9.17) is 4.98 Å². The van der Waals surface area contributed by atoms with Crippen LogP contribution in [0.25, 0.3) is 11.2 Å². The van der Waals surface area contributed by atoms with Gasteiger partial charge in [0.2, 0.25) is 0 Å². The van der Waals surface area contributed by atoms with Gasteiger partial charge < -0.3 is 9.88 Å². The van der Waals surface area contributed by atoms with E-state index >= 15 is 0 Å². The highest BCUT2D eigenvalue weighted by molar-refractivity contribution is 7.91. The molecule has 0 unspecified atom stereocenters. The van der Waals surface area contributed by atoms with E-state index in [0.29, 0.717) is 42.0 Å². The van der Waals surface area contributed by atoms with Crippen LogP contribution in [0.3, 0.4) is 0 Å². The Hall–Kier alpha value is -2.95. The van der Waals surface area contributed by atoms with Gasteiger partial charge in [0.1, 0.15) is 11.3 Å². The number of carbonyl (C=O) groups excluding carboxylic acids is 1. The number of carbonyl (C=O) groups is 1. The fourth-order valence-corrected chi connectivity index (χ4v) is 6.12. The molecule has 2 aliphatic rings. The number of nitrogens with one attached hydrogen (secondary N) is 1. The van der Waals surface area contributed by atoms with Crippen LogP contribution in [0.4, 0.5) is 13.2 Å². The van der Waals surface area contributed by atoms with Crippen molar-refractivity contribution in [1.29, 1.82) is 0 Å². The number of amides is 1. The molecule has 2 heterocycles. The Bertz CT molecular complexity index is 1420. The van der Waals surface area contributed by atoms with E-state index < -0.39 is 21.9 Å². The largest absolute Gasteiger partial charge is 0.391 e. The van der Waals surface area contributed by atoms with Crippen LogP contribution in [-0.2, 0) is 22.8 Å². The number of hydrogen-bond donors (Lipinski definition) is 1. The molecule has 0 spiro atoms. The second-order valence-electron chi connectivity index (χ2n) is 10.4. The number of aromatic nitrogens is 3. The molecule has 2 aromatic heterocycles. The van der Waals surface area contributed by atoms with Crippen LogP contribution in [0.15, 0.2) is 41.4 Å². The quantitative estimate of drug-likeness (QED) is 0.407. The van der Waals surface area contributed by atoms with Gasteiger partial charge in [0.05, 0.1) is 22.1 Å². The van der Waals surface area contributed by atoms with Crippen LogP contribution >= 0.6 is 0 Å². The molecule has 3 aromatic rings. The van der Waals surface area contributed by atoms with E-state index in [1.165, 1.54) is 18.3 Å². The normalized spacial score (nSPS) is 20.5. The first-order valence-electron chi connectivity index (χ1n) is 13.1. The van der Waals surface area contributed by atoms with Crippen LogP contribution < -0.4 is 5.32 Å². The fraction of sp³-hybridized carbons (Fsp3) is 0.519. The fourth-order valence-electron chi connectivity index (χ4n) is 5.23. The molecular formula is C27H31F3N4O3S. The molecule has 11 heteroatoms. The highest BCUT2D eigenvalue weighted by Crippen LogP contribution is 2.42. The number of imidazole rings is 1. The summed E-state index contributed by atoms with van der Waals surface area (Å²) in [4.78, 5) is 22.4. The van der Waals surface area contributed by atoms with E-state index in [1.54, 1.807) is 25.1 Å². The third-order valence-electron chi connectivity index (χ3n) is 7.67. The summed E-state index contributed by atoms with van der Waals surface area (Å²) in [6, 6.07) is 8.43. The molecule has 1 amide bonds. The predicted molar refractivity (Wildman–Crippen MR) is 136 cm³/mol. The zero-order valence-corrected chi connectivity index (χ0v) is 22.0. The number of rotatable bonds is 8. The van der Waals surface area contributed by atoms with Crippen molar-refractivity contribution >= 4 is 26.9 Å². The monoisotopic (exact) mass is 548 g/mol. The first-order valence-corrected chi connectivity index (χ1v) is 14.7. The van der Waals surface area contributed by atoms with Crippen molar-refractivity contribution in [1.82, 2.24) is 19.9 Å². The van der Waals surface area contributed by atoms with Crippen LogP contribution in [0.5, 0.6) is 0 Å². The lowest BCUT2D eigenvalue weighted by Gasteiger charge is -2.29. The van der Waals surface area contributed by atoms with Crippen molar-refractivity contribution in [2.75, 3.05) is 5.75 Å². The first-order chi connectivity index (χ1) is 18.0. The van der Waals surface area contributed by atoms with Crippen molar-refractivity contribution in [2.45, 2.75) is 75.5 Å². The van der Waals surface area contributed by atoms with E-state index in [9.17, 15) is 26.4 Å². The smallest absolute Gasteiger partial charge is 0.348 e. The number of sulfone groups is 1. The van der Waals surface area contributed by atoms with Gasteiger partial charge in [-0.3, -0.25) is 4.79 Å². The summed E-state index contributed by atoms with van der Waals surface area (Å²) in [5.74, 6) is -0.506. The number of hydrogen-bond acceptors (Lipinski definition) is 5. The van der Waals surface area contributed by atoms with Crippen molar-refractivity contribution in [3.05, 3.63) is 53.5 Å². The number of benzene rings is 1. The number of alkyl halides is 3. The van der Waals surface area contributed by atoms with E-state index in [-0.39, 0.29) is 41.9 Å². The average molecular weight is 549 g/mol. The van der Waals surface area contributed by atoms with Gasteiger partial charge in [-0.25, -0.2) is 18.4 Å². The number of fused-ring (bicyclic) bond motifs is 1. The molecule has 1 aromatic carbocycles. The van der Waals surface area contributed by atoms with Crippen LogP contribution in [0.1, 0.15) is 73.2 Å². The van der Waals surface area contributed by atoms with E-state index in [1.807, 2.05) is 0 Å². The van der Waals surface area contributed by atoms with Gasteiger partial charge in [-0.05, 0) is 68.2 Å². The number of nitrogens with zero attached hydrogens (tertiary/aromatic N) is 3. The van der Waals surface area contributed by atoms with Gasteiger partial charge in [0, 0.05) is 25.2 Å². The molecule has 2 saturated carbocycles. The lowest BCUT2D eigenvalue weighted by atomic mass is 9.80. The SMILES string of the molecule is CCS(=O)(=O)c1ccc(CNC(=O)c2cnc3c(c2)nc(C[C@H]2CC[C@@H](C(F)(F)F)CC2)n3C2CC2)cc1. The molecule has 204 valence electrons. The summed E-state index contributed by atoms with van der Waals surface area (Å²) >= 11 is 0. The Kier molecular flexibility index (Phi) is 7.23. The van der Waals surface area contributed by atoms with Crippen molar-refractivity contribution < 1.29 is 26.4 Å². The molecule has 0 atom stereocenters. The van der Waals surface area contributed by atoms with E-state index in [0.717, 1.165) is 24.2 Å². The maximum atomic E-state index is 13.1. The minimum absolute atomic E-state index is 0.0238. The maximum Gasteiger partial charge on any atom is 0.391 e. The second kappa shape index (κ2) is 10.3. The van der Waals surface area contributed by atoms with Gasteiger partial charge in [0.15, 0.2) is 15.5 Å². The molecule has 0 aliphatic heterocycles. The predicted octanol–water partition coefficient (Wildman–Crippen LogP) is 5.40. The molecule has 5 rings (SSSR count). The minimum atomic E-state index is -4.12. The maximum absolute atomic E-state index is 13.1. The van der Waals surface area contributed by atoms with Gasteiger partial charge in [-0.15, -0.1) is 0 Å². The zero-order chi connectivity index (χ0) is 27.1. The Labute approximate surface area is 219 Å². The van der Waals surface area contributed by atoms with Crippen LogP contribution in [-0.4, -0.2) is 40.8 Å². The third-order valence-corrected chi connectivity index (χ3v) is 9.42. The molecule has 1 N–H and O–H groups in total. The summed E-state index contributed by atoms with van der Waals surface area (Å²) in [6.45, 7) is 1.82. The Morgan fingerprint density at radius 1 is 1.08 bits per heavy atom. The summed E-state index contributed by atoms with van der Waals surface area (Å²) in [5, 5.41) is 2.84. The molecular weight excluding hydrogens is 517 g/mol. The summed E-state index contributed by atoms with van der Waals surface area (Å²) < 4.78 is 65.2. The molecule has 2 aliphatic carbocycles. The Morgan fingerprint density at radius 2 is 1.76 bits per heavy atom. The minimum Gasteiger partial charge on any atom is -0.348 e. The topological polar surface area (TPSA) is 93.9 Å². The van der Waals surface area contributed by atoms with Crippen molar-refractivity contribution in [2.24, 2.45) is 11.8 Å². The van der Waals surface area contributed by atoms with Crippen molar-refractivity contribution in [3.63, 3.8) is 0 Å². The molecule has 38 heavy (non-hydrogen) atoms. The van der Waals surface area contributed by atoms with Crippen LogP contribution in [0.2, 0.25) is 0 Å². The summed E-state index contributed by atoms with van der Waals surface area (Å²) in [5.41, 5.74) is 2.44. The van der Waals surface area contributed by atoms with Gasteiger partial charge in [0.25, 0.3) is 5.91 Å². The molecule has 0 bridgehead atoms. The molecule has 0 radical (unpaired) electrons. The molecule has 0 saturated heterocycles. The Morgan fingerprint density at radius 3 is 2.37 bits per heavy atom. The lowest BCUT2D eigenvalue weighted by molar-refractivity contribution is -0.183. The molecule has 2 fully saturated rings. The van der Waals surface area contributed by atoms with Gasteiger partial charge in [-0.1, -0.05) is 19.1 Å². The summed E-state index contributed by atoms with van der Waals surface area (Å²) in [6.07, 6.45) is 1.44. The average Bonchev–Trinajstić information content (AvgIpc) is 3.67. The van der Waals surface area contributed by atoms with Crippen LogP contribution in [0, 0.1) is 11.8 Å². The zero-order valence-electron chi connectivity index (χ0n) is 21.2. The highest BCUT2D eigenvalue weighted by Gasteiger charge is 2.41. The highest BCUT2D eigenvalue weighted by atomic mass is 32.2. The Balaban J connectivity index is 1.27. The lowest BCUT2D eigenvalue weighted by Crippen LogP contribution is -2.28. The van der Waals surface area contributed by atoms with Gasteiger partial charge >= 0.3 is 6.18 Å².